The fraction of sp³-hybridized carbons (Fsp3) is 1.00. The van der Waals surface area contributed by atoms with Crippen molar-refractivity contribution < 1.29 is 43.5 Å². The minimum atomic E-state index is -3.75. The highest BCUT2D eigenvalue weighted by Gasteiger charge is 2.68. The first-order valence-corrected chi connectivity index (χ1v) is 13.0. The summed E-state index contributed by atoms with van der Waals surface area (Å²) in [4.78, 5) is 10.1. The maximum absolute atomic E-state index is 12.4. The van der Waals surface area contributed by atoms with Crippen molar-refractivity contribution >= 4 is 7.60 Å². The Morgan fingerprint density at radius 3 is 2.31 bits per heavy atom. The van der Waals surface area contributed by atoms with Gasteiger partial charge in [-0.1, -0.05) is 20.8 Å². The van der Waals surface area contributed by atoms with Crippen LogP contribution in [-0.2, 0) is 23.3 Å². The molecule has 0 aromatic heterocycles. The summed E-state index contributed by atoms with van der Waals surface area (Å²) in [6.07, 6.45) is -1.13. The smallest absolute Gasteiger partial charge is 0.331 e. The Balaban J connectivity index is 1.35. The van der Waals surface area contributed by atoms with Gasteiger partial charge in [-0.25, -0.2) is 0 Å². The zero-order chi connectivity index (χ0) is 23.7. The molecule has 5 aliphatic rings. The molecule has 4 aliphatic carbocycles. The van der Waals surface area contributed by atoms with Crippen LogP contribution in [0.15, 0.2) is 0 Å². The summed E-state index contributed by atoms with van der Waals surface area (Å²) in [6, 6.07) is -0.794. The third-order valence-corrected chi connectivity index (χ3v) is 9.99. The van der Waals surface area contributed by atoms with Gasteiger partial charge in [-0.05, 0) is 32.6 Å². The van der Waals surface area contributed by atoms with Crippen molar-refractivity contribution in [2.75, 3.05) is 19.8 Å². The molecular weight excluding hydrogens is 441 g/mol. The van der Waals surface area contributed by atoms with E-state index in [9.17, 15) is 24.8 Å². The number of aliphatic hydroxyl groups excluding tert-OH is 2. The van der Waals surface area contributed by atoms with Crippen molar-refractivity contribution in [3.8, 4) is 0 Å². The Morgan fingerprint density at radius 1 is 1.16 bits per heavy atom. The van der Waals surface area contributed by atoms with E-state index in [0.29, 0.717) is 32.3 Å². The average Bonchev–Trinajstić information content (AvgIpc) is 3.17. The van der Waals surface area contributed by atoms with Crippen LogP contribution in [0.5, 0.6) is 0 Å². The van der Waals surface area contributed by atoms with Crippen LogP contribution in [0.1, 0.15) is 53.4 Å². The van der Waals surface area contributed by atoms with Crippen LogP contribution in [0.4, 0.5) is 0 Å². The molecule has 1 heterocycles. The fourth-order valence-corrected chi connectivity index (χ4v) is 6.59. The quantitative estimate of drug-likeness (QED) is 0.279. The topological polar surface area (TPSA) is 161 Å². The van der Waals surface area contributed by atoms with Gasteiger partial charge in [0.1, 0.15) is 18.3 Å². The van der Waals surface area contributed by atoms with E-state index in [2.05, 4.69) is 0 Å². The molecular formula is C21H38NO9P. The van der Waals surface area contributed by atoms with Gasteiger partial charge >= 0.3 is 7.60 Å². The van der Waals surface area contributed by atoms with E-state index in [-0.39, 0.29) is 12.0 Å². The lowest BCUT2D eigenvalue weighted by Crippen LogP contribution is -2.70. The Kier molecular flexibility index (Phi) is 6.20. The molecule has 0 aromatic rings. The highest BCUT2D eigenvalue weighted by molar-refractivity contribution is 7.53. The van der Waals surface area contributed by atoms with E-state index in [1.165, 1.54) is 0 Å². The zero-order valence-electron chi connectivity index (χ0n) is 19.3. The van der Waals surface area contributed by atoms with E-state index in [4.69, 9.17) is 24.5 Å². The maximum Gasteiger partial charge on any atom is 0.331 e. The predicted molar refractivity (Wildman–Crippen MR) is 114 cm³/mol. The van der Waals surface area contributed by atoms with Crippen molar-refractivity contribution in [3.05, 3.63) is 0 Å². The molecule has 8 atom stereocenters. The summed E-state index contributed by atoms with van der Waals surface area (Å²) >= 11 is 0. The van der Waals surface area contributed by atoms with Crippen LogP contribution in [0.2, 0.25) is 0 Å². The Morgan fingerprint density at radius 2 is 1.78 bits per heavy atom. The SMILES string of the molecule is CC(C)P(=O)(O)OC1(C)CC1(C)COC1C(N)C(OCC23CC(O)(C2)C3)OC(CO)C1O. The van der Waals surface area contributed by atoms with Gasteiger partial charge in [-0.3, -0.25) is 4.57 Å². The largest absolute Gasteiger partial charge is 0.394 e. The number of aliphatic hydroxyl groups is 3. The van der Waals surface area contributed by atoms with E-state index in [1.54, 1.807) is 20.8 Å². The number of hydrogen-bond donors (Lipinski definition) is 5. The molecule has 4 saturated carbocycles. The van der Waals surface area contributed by atoms with E-state index >= 15 is 0 Å². The van der Waals surface area contributed by atoms with E-state index in [0.717, 1.165) is 0 Å². The van der Waals surface area contributed by atoms with Gasteiger partial charge in [0, 0.05) is 10.8 Å². The first kappa shape index (κ1) is 25.0. The Hall–Kier alpha value is -0.130. The molecule has 0 amide bonds. The van der Waals surface area contributed by atoms with Crippen LogP contribution < -0.4 is 5.73 Å². The predicted octanol–water partition coefficient (Wildman–Crippen LogP) is 0.488. The normalized spacial score (nSPS) is 51.6. The maximum atomic E-state index is 12.4. The van der Waals surface area contributed by atoms with Gasteiger partial charge in [0.2, 0.25) is 0 Å². The van der Waals surface area contributed by atoms with Gasteiger partial charge in [0.05, 0.1) is 42.7 Å². The molecule has 5 fully saturated rings. The third kappa shape index (κ3) is 4.21. The highest BCUT2D eigenvalue weighted by Crippen LogP contribution is 2.67. The summed E-state index contributed by atoms with van der Waals surface area (Å²) in [7, 11) is -3.75. The van der Waals surface area contributed by atoms with Crippen LogP contribution in [0, 0.1) is 10.8 Å². The second kappa shape index (κ2) is 7.95. The lowest BCUT2D eigenvalue weighted by molar-refractivity contribution is -0.320. The minimum absolute atomic E-state index is 0.0335. The zero-order valence-corrected chi connectivity index (χ0v) is 20.2. The molecule has 0 radical (unpaired) electrons. The molecule has 1 aliphatic heterocycles. The number of nitrogens with two attached hydrogens (primary N) is 1. The molecule has 0 aromatic carbocycles. The number of hydrogen-bond acceptors (Lipinski definition) is 9. The Labute approximate surface area is 188 Å². The summed E-state index contributed by atoms with van der Waals surface area (Å²) < 4.78 is 35.6. The van der Waals surface area contributed by atoms with Crippen molar-refractivity contribution in [2.24, 2.45) is 16.6 Å². The first-order valence-electron chi connectivity index (χ1n) is 11.4. The van der Waals surface area contributed by atoms with Crippen molar-refractivity contribution in [1.29, 1.82) is 0 Å². The summed E-state index contributed by atoms with van der Waals surface area (Å²) in [5.74, 6) is 0. The molecule has 1 saturated heterocycles. The molecule has 8 unspecified atom stereocenters. The summed E-state index contributed by atoms with van der Waals surface area (Å²) in [5, 5.41) is 30.3. The highest BCUT2D eigenvalue weighted by atomic mass is 31.2. The number of ether oxygens (including phenoxy) is 3. The second-order valence-electron chi connectivity index (χ2n) is 11.4. The van der Waals surface area contributed by atoms with Crippen molar-refractivity contribution in [1.82, 2.24) is 0 Å². The second-order valence-corrected chi connectivity index (χ2v) is 13.7. The molecule has 186 valence electrons. The molecule has 32 heavy (non-hydrogen) atoms. The average molecular weight is 480 g/mol. The van der Waals surface area contributed by atoms with Gasteiger partial charge in [0.25, 0.3) is 0 Å². The monoisotopic (exact) mass is 479 g/mol. The summed E-state index contributed by atoms with van der Waals surface area (Å²) in [6.45, 7) is 7.08. The van der Waals surface area contributed by atoms with Crippen molar-refractivity contribution in [2.45, 2.75) is 101 Å². The molecule has 2 bridgehead atoms. The Bertz CT molecular complexity index is 761. The molecule has 10 nitrogen and oxygen atoms in total. The van der Waals surface area contributed by atoms with Gasteiger partial charge < -0.3 is 44.7 Å². The standard InChI is InChI=1S/C21H38NO9P/c1-12(2)32(26,27)31-19(4)6-18(19,3)10-28-16-14(22)17(30-13(5-23)15(16)24)29-11-20-7-21(25,8-20)9-20/h12-17,23-25H,5-11,22H2,1-4H3,(H,26,27). The van der Waals surface area contributed by atoms with Gasteiger partial charge in [0.15, 0.2) is 6.29 Å². The van der Waals surface area contributed by atoms with Crippen LogP contribution >= 0.6 is 7.60 Å². The van der Waals surface area contributed by atoms with E-state index < -0.39 is 67.1 Å². The minimum Gasteiger partial charge on any atom is -0.394 e. The number of rotatable bonds is 10. The summed E-state index contributed by atoms with van der Waals surface area (Å²) in [5.41, 5.74) is 3.91. The third-order valence-electron chi connectivity index (χ3n) is 8.02. The molecule has 0 spiro atoms. The molecule has 6 N–H and O–H groups in total. The molecule has 5 rings (SSSR count). The van der Waals surface area contributed by atoms with Gasteiger partial charge in [-0.15, -0.1) is 0 Å². The first-order chi connectivity index (χ1) is 14.7. The van der Waals surface area contributed by atoms with Crippen LogP contribution in [-0.4, -0.2) is 87.5 Å². The lowest BCUT2D eigenvalue weighted by Gasteiger charge is -2.67. The lowest BCUT2D eigenvalue weighted by atomic mass is 9.41. The van der Waals surface area contributed by atoms with Crippen molar-refractivity contribution in [3.63, 3.8) is 0 Å². The van der Waals surface area contributed by atoms with Gasteiger partial charge in [-0.2, -0.15) is 0 Å². The van der Waals surface area contributed by atoms with Crippen LogP contribution in [0.3, 0.4) is 0 Å². The fourth-order valence-electron chi connectivity index (χ4n) is 5.52. The molecule has 11 heteroatoms. The van der Waals surface area contributed by atoms with E-state index in [1.807, 2.05) is 6.92 Å². The van der Waals surface area contributed by atoms with Crippen LogP contribution in [0.25, 0.3) is 0 Å².